The third kappa shape index (κ3) is 3.85. The fourth-order valence-electron chi connectivity index (χ4n) is 2.73. The van der Waals surface area contributed by atoms with Gasteiger partial charge in [0.15, 0.2) is 0 Å². The van der Waals surface area contributed by atoms with E-state index in [0.717, 1.165) is 44.0 Å². The number of nitrogens with one attached hydrogen (secondary N) is 1. The first-order valence-electron chi connectivity index (χ1n) is 6.88. The summed E-state index contributed by atoms with van der Waals surface area (Å²) in [4.78, 5) is 3.91. The molecule has 1 heterocycles. The van der Waals surface area contributed by atoms with Gasteiger partial charge in [0.2, 0.25) is 0 Å². The number of aliphatic hydroxyl groups is 1. The molecule has 2 rings (SSSR count). The van der Waals surface area contributed by atoms with E-state index < -0.39 is 11.7 Å². The minimum atomic E-state index is -4.35. The van der Waals surface area contributed by atoms with Crippen LogP contribution in [-0.2, 0) is 6.18 Å². The van der Waals surface area contributed by atoms with E-state index in [1.54, 1.807) is 0 Å². The van der Waals surface area contributed by atoms with Crippen molar-refractivity contribution in [1.82, 2.24) is 4.98 Å². The van der Waals surface area contributed by atoms with Gasteiger partial charge in [0.05, 0.1) is 5.56 Å². The van der Waals surface area contributed by atoms with Crippen molar-refractivity contribution in [2.45, 2.75) is 31.9 Å². The Morgan fingerprint density at radius 2 is 1.95 bits per heavy atom. The number of aromatic nitrogens is 1. The fourth-order valence-corrected chi connectivity index (χ4v) is 2.73. The Balaban J connectivity index is 1.96. The first-order valence-corrected chi connectivity index (χ1v) is 6.88. The molecule has 0 saturated heterocycles. The normalized spacial score (nSPS) is 23.6. The van der Waals surface area contributed by atoms with Crippen molar-refractivity contribution in [2.24, 2.45) is 11.8 Å². The zero-order chi connectivity index (χ0) is 14.6. The van der Waals surface area contributed by atoms with Crippen molar-refractivity contribution in [3.05, 3.63) is 23.9 Å². The van der Waals surface area contributed by atoms with Crippen molar-refractivity contribution in [3.8, 4) is 0 Å². The molecule has 112 valence electrons. The molecule has 1 fully saturated rings. The largest absolute Gasteiger partial charge is 0.416 e. The molecule has 1 aliphatic rings. The van der Waals surface area contributed by atoms with E-state index in [4.69, 9.17) is 0 Å². The van der Waals surface area contributed by atoms with Crippen LogP contribution in [0.1, 0.15) is 31.2 Å². The Labute approximate surface area is 116 Å². The van der Waals surface area contributed by atoms with Crippen LogP contribution in [0.2, 0.25) is 0 Å². The molecule has 0 aliphatic heterocycles. The molecule has 0 aromatic carbocycles. The summed E-state index contributed by atoms with van der Waals surface area (Å²) in [7, 11) is 0. The van der Waals surface area contributed by atoms with Crippen molar-refractivity contribution >= 4 is 5.82 Å². The first kappa shape index (κ1) is 15.1. The number of pyridine rings is 1. The molecule has 3 nitrogen and oxygen atoms in total. The molecule has 20 heavy (non-hydrogen) atoms. The lowest BCUT2D eigenvalue weighted by Crippen LogP contribution is -2.28. The Morgan fingerprint density at radius 1 is 1.25 bits per heavy atom. The quantitative estimate of drug-likeness (QED) is 0.893. The monoisotopic (exact) mass is 288 g/mol. The van der Waals surface area contributed by atoms with Crippen LogP contribution in [0.25, 0.3) is 0 Å². The number of hydrogen-bond donors (Lipinski definition) is 2. The molecule has 2 atom stereocenters. The molecule has 0 bridgehead atoms. The van der Waals surface area contributed by atoms with Gasteiger partial charge in [0.25, 0.3) is 0 Å². The van der Waals surface area contributed by atoms with Crippen LogP contribution in [0.5, 0.6) is 0 Å². The van der Waals surface area contributed by atoms with Gasteiger partial charge in [-0.2, -0.15) is 13.2 Å². The number of rotatable bonds is 4. The second-order valence-corrected chi connectivity index (χ2v) is 5.30. The summed E-state index contributed by atoms with van der Waals surface area (Å²) in [5, 5.41) is 12.3. The maximum atomic E-state index is 12.6. The third-order valence-electron chi connectivity index (χ3n) is 3.93. The fraction of sp³-hybridized carbons (Fsp3) is 0.643. The summed E-state index contributed by atoms with van der Waals surface area (Å²) in [5.74, 6) is 0.772. The zero-order valence-electron chi connectivity index (χ0n) is 11.2. The Kier molecular flexibility index (Phi) is 4.86. The lowest BCUT2D eigenvalue weighted by atomic mass is 9.79. The molecule has 0 amide bonds. The summed E-state index contributed by atoms with van der Waals surface area (Å²) in [6, 6.07) is 1.99. The van der Waals surface area contributed by atoms with Crippen LogP contribution in [-0.4, -0.2) is 23.2 Å². The molecular weight excluding hydrogens is 269 g/mol. The van der Waals surface area contributed by atoms with E-state index >= 15 is 0 Å². The minimum absolute atomic E-state index is 0.141. The average Bonchev–Trinajstić information content (AvgIpc) is 2.45. The molecule has 1 aromatic heterocycles. The maximum absolute atomic E-state index is 12.6. The lowest BCUT2D eigenvalue weighted by molar-refractivity contribution is -0.137. The molecule has 2 N–H and O–H groups in total. The van der Waals surface area contributed by atoms with Crippen LogP contribution >= 0.6 is 0 Å². The van der Waals surface area contributed by atoms with Gasteiger partial charge >= 0.3 is 6.18 Å². The van der Waals surface area contributed by atoms with E-state index in [-0.39, 0.29) is 18.3 Å². The second-order valence-electron chi connectivity index (χ2n) is 5.30. The van der Waals surface area contributed by atoms with E-state index in [9.17, 15) is 18.3 Å². The van der Waals surface area contributed by atoms with Crippen molar-refractivity contribution in [2.75, 3.05) is 18.5 Å². The van der Waals surface area contributed by atoms with Crippen LogP contribution in [0, 0.1) is 11.8 Å². The highest BCUT2D eigenvalue weighted by Crippen LogP contribution is 2.31. The molecule has 1 aromatic rings. The Hall–Kier alpha value is -1.30. The Morgan fingerprint density at radius 3 is 2.60 bits per heavy atom. The predicted molar refractivity (Wildman–Crippen MR) is 70.3 cm³/mol. The summed E-state index contributed by atoms with van der Waals surface area (Å²) in [6.07, 6.45) is 1.02. The van der Waals surface area contributed by atoms with Crippen molar-refractivity contribution < 1.29 is 18.3 Å². The van der Waals surface area contributed by atoms with E-state index in [2.05, 4.69) is 10.3 Å². The van der Waals surface area contributed by atoms with Crippen LogP contribution < -0.4 is 5.32 Å². The highest BCUT2D eigenvalue weighted by Gasteiger charge is 2.31. The number of hydrogen-bond acceptors (Lipinski definition) is 3. The van der Waals surface area contributed by atoms with Crippen molar-refractivity contribution in [1.29, 1.82) is 0 Å². The SMILES string of the molecule is OCC1CCCCC1CNc1cc(C(F)(F)F)ccn1. The summed E-state index contributed by atoms with van der Waals surface area (Å²) < 4.78 is 37.8. The van der Waals surface area contributed by atoms with Gasteiger partial charge < -0.3 is 10.4 Å². The summed E-state index contributed by atoms with van der Waals surface area (Å²) >= 11 is 0. The molecule has 0 spiro atoms. The molecule has 2 unspecified atom stereocenters. The van der Waals surface area contributed by atoms with Gasteiger partial charge in [-0.05, 0) is 36.8 Å². The summed E-state index contributed by atoms with van der Waals surface area (Å²) in [5.41, 5.74) is -0.697. The second kappa shape index (κ2) is 6.43. The average molecular weight is 288 g/mol. The zero-order valence-corrected chi connectivity index (χ0v) is 11.2. The van der Waals surface area contributed by atoms with Gasteiger partial charge in [-0.1, -0.05) is 12.8 Å². The minimum Gasteiger partial charge on any atom is -0.396 e. The van der Waals surface area contributed by atoms with Gasteiger partial charge in [-0.3, -0.25) is 0 Å². The highest BCUT2D eigenvalue weighted by atomic mass is 19.4. The van der Waals surface area contributed by atoms with E-state index in [0.29, 0.717) is 12.5 Å². The van der Waals surface area contributed by atoms with Gasteiger partial charge in [-0.15, -0.1) is 0 Å². The van der Waals surface area contributed by atoms with Crippen molar-refractivity contribution in [3.63, 3.8) is 0 Å². The maximum Gasteiger partial charge on any atom is 0.416 e. The third-order valence-corrected chi connectivity index (χ3v) is 3.93. The van der Waals surface area contributed by atoms with E-state index in [1.807, 2.05) is 0 Å². The van der Waals surface area contributed by atoms with Crippen LogP contribution in [0.4, 0.5) is 19.0 Å². The predicted octanol–water partition coefficient (Wildman–Crippen LogP) is 3.31. The standard InChI is InChI=1S/C14H19F3N2O/c15-14(16,17)12-5-6-18-13(7-12)19-8-10-3-1-2-4-11(10)9-20/h5-7,10-11,20H,1-4,8-9H2,(H,18,19). The van der Waals surface area contributed by atoms with Crippen LogP contribution in [0.15, 0.2) is 18.3 Å². The summed E-state index contributed by atoms with van der Waals surface area (Å²) in [6.45, 7) is 0.696. The molecule has 0 radical (unpaired) electrons. The number of halogens is 3. The molecule has 6 heteroatoms. The topological polar surface area (TPSA) is 45.1 Å². The first-order chi connectivity index (χ1) is 9.50. The molecule has 1 saturated carbocycles. The van der Waals surface area contributed by atoms with Gasteiger partial charge in [0.1, 0.15) is 5.82 Å². The lowest BCUT2D eigenvalue weighted by Gasteiger charge is -2.30. The number of nitrogens with zero attached hydrogens (tertiary/aromatic N) is 1. The van der Waals surface area contributed by atoms with Gasteiger partial charge in [-0.25, -0.2) is 4.98 Å². The number of aliphatic hydroxyl groups excluding tert-OH is 1. The molecular formula is C14H19F3N2O. The van der Waals surface area contributed by atoms with Gasteiger partial charge in [0, 0.05) is 19.3 Å². The molecule has 1 aliphatic carbocycles. The van der Waals surface area contributed by atoms with Crippen LogP contribution in [0.3, 0.4) is 0 Å². The smallest absolute Gasteiger partial charge is 0.396 e. The van der Waals surface area contributed by atoms with E-state index in [1.165, 1.54) is 0 Å². The number of alkyl halides is 3. The highest BCUT2D eigenvalue weighted by molar-refractivity contribution is 5.38. The Bertz CT molecular complexity index is 437. The number of anilines is 1.